The molecule has 0 aliphatic carbocycles. The van der Waals surface area contributed by atoms with E-state index in [1.807, 2.05) is 6.92 Å². The van der Waals surface area contributed by atoms with Crippen LogP contribution in [0.4, 0.5) is 4.39 Å². The second-order valence-corrected chi connectivity index (χ2v) is 3.76. The Balaban J connectivity index is 2.95. The van der Waals surface area contributed by atoms with Gasteiger partial charge in [-0.2, -0.15) is 0 Å². The maximum absolute atomic E-state index is 13.3. The second kappa shape index (κ2) is 2.92. The number of hydrogen-bond donors (Lipinski definition) is 0. The highest BCUT2D eigenvalue weighted by molar-refractivity contribution is 7.17. The minimum Gasteiger partial charge on any atom is -0.298 e. The lowest BCUT2D eigenvalue weighted by Crippen LogP contribution is -1.82. The molecule has 0 saturated carbocycles. The summed E-state index contributed by atoms with van der Waals surface area (Å²) >= 11 is 1.41. The molecule has 0 saturated heterocycles. The van der Waals surface area contributed by atoms with Crippen LogP contribution in [0.5, 0.6) is 0 Å². The van der Waals surface area contributed by atoms with Gasteiger partial charge in [0.2, 0.25) is 0 Å². The van der Waals surface area contributed by atoms with E-state index < -0.39 is 0 Å². The highest BCUT2D eigenvalue weighted by atomic mass is 32.1. The monoisotopic (exact) mass is 194 g/mol. The van der Waals surface area contributed by atoms with Crippen molar-refractivity contribution in [3.8, 4) is 0 Å². The average Bonchev–Trinajstić information content (AvgIpc) is 2.56. The summed E-state index contributed by atoms with van der Waals surface area (Å²) in [7, 11) is 0. The molecule has 0 N–H and O–H groups in total. The number of rotatable bonds is 1. The predicted octanol–water partition coefficient (Wildman–Crippen LogP) is 3.16. The molecule has 66 valence electrons. The molecule has 2 rings (SSSR count). The fourth-order valence-corrected chi connectivity index (χ4v) is 2.36. The van der Waals surface area contributed by atoms with Crippen molar-refractivity contribution in [2.45, 2.75) is 6.92 Å². The Morgan fingerprint density at radius 3 is 2.92 bits per heavy atom. The lowest BCUT2D eigenvalue weighted by atomic mass is 10.1. The summed E-state index contributed by atoms with van der Waals surface area (Å²) in [5.41, 5.74) is 1.45. The van der Waals surface area contributed by atoms with Crippen molar-refractivity contribution in [1.29, 1.82) is 0 Å². The molecule has 0 atom stereocenters. The van der Waals surface area contributed by atoms with Crippen LogP contribution in [0.1, 0.15) is 15.9 Å². The van der Waals surface area contributed by atoms with Crippen LogP contribution in [-0.2, 0) is 0 Å². The van der Waals surface area contributed by atoms with Crippen LogP contribution in [0.2, 0.25) is 0 Å². The lowest BCUT2D eigenvalue weighted by molar-refractivity contribution is 0.112. The van der Waals surface area contributed by atoms with Crippen LogP contribution < -0.4 is 0 Å². The van der Waals surface area contributed by atoms with Gasteiger partial charge in [0.15, 0.2) is 6.29 Å². The van der Waals surface area contributed by atoms with Gasteiger partial charge in [-0.3, -0.25) is 4.79 Å². The van der Waals surface area contributed by atoms with Crippen LogP contribution >= 0.6 is 11.3 Å². The first-order chi connectivity index (χ1) is 6.24. The fraction of sp³-hybridized carbons (Fsp3) is 0.100. The Kier molecular flexibility index (Phi) is 1.88. The molecule has 0 radical (unpaired) electrons. The molecule has 0 amide bonds. The molecule has 0 spiro atoms. The molecule has 3 heteroatoms. The third-order valence-corrected chi connectivity index (χ3v) is 3.16. The molecular formula is C10H7FOS. The van der Waals surface area contributed by atoms with Gasteiger partial charge in [-0.05, 0) is 18.6 Å². The van der Waals surface area contributed by atoms with Gasteiger partial charge in [0.1, 0.15) is 5.82 Å². The summed E-state index contributed by atoms with van der Waals surface area (Å²) in [6.07, 6.45) is 0.696. The van der Waals surface area contributed by atoms with Crippen LogP contribution in [0.15, 0.2) is 17.5 Å². The number of halogens is 1. The molecule has 1 heterocycles. The van der Waals surface area contributed by atoms with Crippen molar-refractivity contribution in [1.82, 2.24) is 0 Å². The Bertz CT molecular complexity index is 473. The number of aldehydes is 1. The highest BCUT2D eigenvalue weighted by Gasteiger charge is 2.09. The third-order valence-electron chi connectivity index (χ3n) is 2.02. The van der Waals surface area contributed by atoms with Crippen molar-refractivity contribution in [2.24, 2.45) is 0 Å². The van der Waals surface area contributed by atoms with Gasteiger partial charge in [-0.1, -0.05) is 6.07 Å². The first-order valence-corrected chi connectivity index (χ1v) is 4.73. The maximum Gasteiger partial charge on any atom is 0.151 e. The molecule has 1 aromatic heterocycles. The van der Waals surface area contributed by atoms with Crippen molar-refractivity contribution >= 4 is 27.7 Å². The quantitative estimate of drug-likeness (QED) is 0.637. The number of carbonyl (C=O) groups excluding carboxylic acids is 1. The minimum absolute atomic E-state index is 0.316. The topological polar surface area (TPSA) is 17.1 Å². The maximum atomic E-state index is 13.3. The first kappa shape index (κ1) is 8.38. The summed E-state index contributed by atoms with van der Waals surface area (Å²) in [5, 5.41) is 2.15. The van der Waals surface area contributed by atoms with Gasteiger partial charge >= 0.3 is 0 Å². The van der Waals surface area contributed by atoms with E-state index in [4.69, 9.17) is 0 Å². The Labute approximate surface area is 78.8 Å². The van der Waals surface area contributed by atoms with Crippen LogP contribution in [-0.4, -0.2) is 6.29 Å². The summed E-state index contributed by atoms with van der Waals surface area (Å²) in [6, 6.07) is 3.13. The van der Waals surface area contributed by atoms with Crippen LogP contribution in [0, 0.1) is 12.7 Å². The summed E-state index contributed by atoms with van der Waals surface area (Å²) < 4.78 is 14.2. The Morgan fingerprint density at radius 2 is 2.23 bits per heavy atom. The standard InChI is InChI=1S/C10H7FOS/c1-6-2-3-8(11)9-7(4-12)5-13-10(6)9/h2-5H,1H3. The van der Waals surface area contributed by atoms with E-state index in [9.17, 15) is 9.18 Å². The Morgan fingerprint density at radius 1 is 1.46 bits per heavy atom. The van der Waals surface area contributed by atoms with E-state index in [1.165, 1.54) is 17.4 Å². The number of benzene rings is 1. The zero-order valence-corrected chi connectivity index (χ0v) is 7.82. The van der Waals surface area contributed by atoms with Gasteiger partial charge in [0.05, 0.1) is 0 Å². The van der Waals surface area contributed by atoms with Gasteiger partial charge in [0, 0.05) is 21.0 Å². The number of hydrogen-bond acceptors (Lipinski definition) is 2. The fourth-order valence-electron chi connectivity index (χ4n) is 1.35. The van der Waals surface area contributed by atoms with Gasteiger partial charge < -0.3 is 0 Å². The molecule has 2 aromatic rings. The molecule has 0 fully saturated rings. The number of thiophene rings is 1. The largest absolute Gasteiger partial charge is 0.298 e. The van der Waals surface area contributed by atoms with E-state index >= 15 is 0 Å². The van der Waals surface area contributed by atoms with Crippen molar-refractivity contribution in [3.63, 3.8) is 0 Å². The van der Waals surface area contributed by atoms with E-state index in [2.05, 4.69) is 0 Å². The molecular weight excluding hydrogens is 187 g/mol. The summed E-state index contributed by atoms with van der Waals surface area (Å²) in [5.74, 6) is -0.316. The Hall–Kier alpha value is -1.22. The van der Waals surface area contributed by atoms with Crippen molar-refractivity contribution in [3.05, 3.63) is 34.5 Å². The van der Waals surface area contributed by atoms with Crippen molar-refractivity contribution < 1.29 is 9.18 Å². The number of fused-ring (bicyclic) bond motifs is 1. The smallest absolute Gasteiger partial charge is 0.151 e. The average molecular weight is 194 g/mol. The molecule has 1 aromatic carbocycles. The normalized spacial score (nSPS) is 10.6. The molecule has 0 aliphatic heterocycles. The molecule has 0 aliphatic rings. The second-order valence-electron chi connectivity index (χ2n) is 2.88. The van der Waals surface area contributed by atoms with E-state index in [0.717, 1.165) is 10.3 Å². The van der Waals surface area contributed by atoms with Crippen LogP contribution in [0.25, 0.3) is 10.1 Å². The van der Waals surface area contributed by atoms with E-state index in [-0.39, 0.29) is 5.82 Å². The summed E-state index contributed by atoms with van der Waals surface area (Å²) in [4.78, 5) is 10.6. The SMILES string of the molecule is Cc1ccc(F)c2c(C=O)csc12. The molecule has 0 bridgehead atoms. The van der Waals surface area contributed by atoms with Gasteiger partial charge in [0.25, 0.3) is 0 Å². The highest BCUT2D eigenvalue weighted by Crippen LogP contribution is 2.29. The van der Waals surface area contributed by atoms with Crippen LogP contribution in [0.3, 0.4) is 0 Å². The lowest BCUT2D eigenvalue weighted by Gasteiger charge is -1.96. The van der Waals surface area contributed by atoms with Gasteiger partial charge in [-0.25, -0.2) is 4.39 Å². The first-order valence-electron chi connectivity index (χ1n) is 3.85. The zero-order chi connectivity index (χ0) is 9.42. The predicted molar refractivity (Wildman–Crippen MR) is 51.9 cm³/mol. The molecule has 0 unspecified atom stereocenters. The third kappa shape index (κ3) is 1.16. The molecule has 13 heavy (non-hydrogen) atoms. The molecule has 1 nitrogen and oxygen atoms in total. The van der Waals surface area contributed by atoms with E-state index in [1.54, 1.807) is 11.4 Å². The number of aryl methyl sites for hydroxylation is 1. The van der Waals surface area contributed by atoms with Gasteiger partial charge in [-0.15, -0.1) is 11.3 Å². The summed E-state index contributed by atoms with van der Waals surface area (Å²) in [6.45, 7) is 1.91. The van der Waals surface area contributed by atoms with E-state index in [0.29, 0.717) is 17.2 Å². The number of carbonyl (C=O) groups is 1. The minimum atomic E-state index is -0.316. The van der Waals surface area contributed by atoms with Crippen molar-refractivity contribution in [2.75, 3.05) is 0 Å². The zero-order valence-electron chi connectivity index (χ0n) is 7.00.